The van der Waals surface area contributed by atoms with Crippen molar-refractivity contribution in [1.29, 1.82) is 0 Å². The Morgan fingerprint density at radius 1 is 1.44 bits per heavy atom. The minimum Gasteiger partial charge on any atom is -0.213 e. The van der Waals surface area contributed by atoms with E-state index in [2.05, 4.69) is 0 Å². The monoisotopic (exact) mass is 224 g/mol. The van der Waals surface area contributed by atoms with Crippen molar-refractivity contribution in [3.63, 3.8) is 0 Å². The Balaban J connectivity index is 3.53. The van der Waals surface area contributed by atoms with Crippen LogP contribution in [0.25, 0.3) is 0 Å². The van der Waals surface area contributed by atoms with Crippen molar-refractivity contribution in [1.82, 2.24) is 0 Å². The minimum absolute atomic E-state index is 0.0490. The number of rotatable bonds is 3. The first-order chi connectivity index (χ1) is 3.92. The van der Waals surface area contributed by atoms with Gasteiger partial charge in [-0.2, -0.15) is 0 Å². The van der Waals surface area contributed by atoms with Crippen molar-refractivity contribution >= 4 is 52.5 Å². The maximum atomic E-state index is 10.2. The molecule has 0 aromatic rings. The second kappa shape index (κ2) is 4.03. The molecule has 0 rings (SSSR count). The number of halogens is 3. The Kier molecular flexibility index (Phi) is 4.49. The van der Waals surface area contributed by atoms with E-state index in [0.29, 0.717) is 0 Å². The smallest absolute Gasteiger partial charge is 0.213 e. The first-order valence-electron chi connectivity index (χ1n) is 1.85. The van der Waals surface area contributed by atoms with Crippen LogP contribution in [0.2, 0.25) is 0 Å². The van der Waals surface area contributed by atoms with Crippen LogP contribution in [0, 0.1) is 0 Å². The minimum atomic E-state index is -3.40. The van der Waals surface area contributed by atoms with E-state index in [1.165, 1.54) is 0 Å². The van der Waals surface area contributed by atoms with E-state index in [1.54, 1.807) is 0 Å². The molecule has 2 radical (unpaired) electrons. The quantitative estimate of drug-likeness (QED) is 0.408. The zero-order chi connectivity index (χ0) is 7.49. The molecule has 0 aliphatic heterocycles. The van der Waals surface area contributed by atoms with Gasteiger partial charge in [0.05, 0.1) is 9.84 Å². The molecule has 0 aliphatic rings. The van der Waals surface area contributed by atoms with Crippen molar-refractivity contribution in [2.45, 2.75) is 4.46 Å². The molecule has 0 heterocycles. The highest BCUT2D eigenvalue weighted by Crippen LogP contribution is 2.02. The molecule has 0 unspecified atom stereocenters. The van der Waals surface area contributed by atoms with Gasteiger partial charge >= 0.3 is 0 Å². The summed E-state index contributed by atoms with van der Waals surface area (Å²) < 4.78 is 19.8. The van der Waals surface area contributed by atoms with Gasteiger partial charge in [0.15, 0.2) is 0 Å². The Labute approximate surface area is 70.7 Å². The van der Waals surface area contributed by atoms with Gasteiger partial charge in [0, 0.05) is 10.7 Å². The normalized spacial score (nSPS) is 12.4. The summed E-state index contributed by atoms with van der Waals surface area (Å²) in [7, 11) is 1.39. The van der Waals surface area contributed by atoms with E-state index < -0.39 is 13.5 Å². The molecule has 0 aliphatic carbocycles. The Morgan fingerprint density at radius 3 is 2.00 bits per heavy atom. The van der Waals surface area contributed by atoms with E-state index in [9.17, 15) is 8.42 Å². The standard InChI is InChI=1S/C2H3Cl3O2SSi/c3-2(4)9-1-8(5,6)7/h2H,1H2. The van der Waals surface area contributed by atoms with Crippen LogP contribution in [-0.2, 0) is 9.05 Å². The molecule has 0 aromatic carbocycles. The fourth-order valence-corrected chi connectivity index (χ4v) is 3.16. The molecular formula is C2H3Cl3O2SSi. The van der Waals surface area contributed by atoms with Gasteiger partial charge in [-0.25, -0.2) is 8.42 Å². The SMILES string of the molecule is O=S(=O)(Cl)C[Si]C(Cl)Cl. The van der Waals surface area contributed by atoms with Crippen molar-refractivity contribution in [3.05, 3.63) is 0 Å². The average molecular weight is 226 g/mol. The second-order valence-corrected chi connectivity index (χ2v) is 7.64. The summed E-state index contributed by atoms with van der Waals surface area (Å²) in [4.78, 5) is 0. The molecule has 0 N–H and O–H groups in total. The molecule has 0 amide bonds. The number of alkyl halides is 2. The number of hydrogen-bond donors (Lipinski definition) is 0. The summed E-state index contributed by atoms with van der Waals surface area (Å²) in [5.41, 5.74) is 0. The molecule has 0 atom stereocenters. The molecule has 0 saturated carbocycles. The summed E-state index contributed by atoms with van der Waals surface area (Å²) in [6.45, 7) is 0. The van der Waals surface area contributed by atoms with Crippen LogP contribution in [0.5, 0.6) is 0 Å². The van der Waals surface area contributed by atoms with Gasteiger partial charge in [-0.3, -0.25) is 0 Å². The second-order valence-electron chi connectivity index (χ2n) is 1.19. The molecular weight excluding hydrogens is 223 g/mol. The van der Waals surface area contributed by atoms with Crippen LogP contribution in [0.1, 0.15) is 0 Å². The molecule has 7 heteroatoms. The summed E-state index contributed by atoms with van der Waals surface area (Å²) in [6, 6.07) is 0. The Morgan fingerprint density at radius 2 is 1.89 bits per heavy atom. The fourth-order valence-electron chi connectivity index (χ4n) is 0.163. The average Bonchev–Trinajstić information content (AvgIpc) is 1.59. The van der Waals surface area contributed by atoms with Gasteiger partial charge in [-0.15, -0.1) is 23.2 Å². The molecule has 54 valence electrons. The van der Waals surface area contributed by atoms with Crippen molar-refractivity contribution in [2.24, 2.45) is 0 Å². The maximum Gasteiger partial charge on any atom is 0.229 e. The van der Waals surface area contributed by atoms with E-state index in [1.807, 2.05) is 0 Å². The summed E-state index contributed by atoms with van der Waals surface area (Å²) in [5, 5.41) is -0.147. The Bertz CT molecular complexity index is 165. The third kappa shape index (κ3) is 9.04. The van der Waals surface area contributed by atoms with Crippen LogP contribution in [0.4, 0.5) is 0 Å². The molecule has 0 bridgehead atoms. The maximum absolute atomic E-state index is 10.2. The molecule has 2 nitrogen and oxygen atoms in total. The van der Waals surface area contributed by atoms with Gasteiger partial charge in [0.1, 0.15) is 9.52 Å². The van der Waals surface area contributed by atoms with Crippen LogP contribution < -0.4 is 0 Å². The van der Waals surface area contributed by atoms with Crippen molar-refractivity contribution in [2.75, 3.05) is 5.38 Å². The lowest BCUT2D eigenvalue weighted by Gasteiger charge is -1.93. The van der Waals surface area contributed by atoms with Gasteiger partial charge in [0.25, 0.3) is 0 Å². The largest absolute Gasteiger partial charge is 0.229 e. The lowest BCUT2D eigenvalue weighted by Crippen LogP contribution is -2.12. The summed E-state index contributed by atoms with van der Waals surface area (Å²) in [5.74, 6) is 0. The highest BCUT2D eigenvalue weighted by atomic mass is 35.7. The van der Waals surface area contributed by atoms with Crippen LogP contribution >= 0.6 is 33.9 Å². The first-order valence-corrected chi connectivity index (χ1v) is 6.49. The van der Waals surface area contributed by atoms with E-state index in [0.717, 1.165) is 0 Å². The van der Waals surface area contributed by atoms with E-state index >= 15 is 0 Å². The lowest BCUT2D eigenvalue weighted by atomic mass is 11.8. The zero-order valence-corrected chi connectivity index (χ0v) is 8.23. The highest BCUT2D eigenvalue weighted by molar-refractivity contribution is 8.14. The fraction of sp³-hybridized carbons (Fsp3) is 1.00. The first kappa shape index (κ1) is 10.0. The van der Waals surface area contributed by atoms with Gasteiger partial charge < -0.3 is 0 Å². The van der Waals surface area contributed by atoms with Crippen LogP contribution in [0.15, 0.2) is 0 Å². The van der Waals surface area contributed by atoms with Crippen molar-refractivity contribution < 1.29 is 8.42 Å². The predicted molar refractivity (Wildman–Crippen MR) is 40.9 cm³/mol. The molecule has 0 fully saturated rings. The molecule has 0 saturated heterocycles. The topological polar surface area (TPSA) is 34.1 Å². The predicted octanol–water partition coefficient (Wildman–Crippen LogP) is 0.978. The molecule has 0 spiro atoms. The van der Waals surface area contributed by atoms with Crippen molar-refractivity contribution in [3.8, 4) is 0 Å². The summed E-state index contributed by atoms with van der Waals surface area (Å²) in [6.07, 6.45) is 0. The van der Waals surface area contributed by atoms with Crippen LogP contribution in [0.3, 0.4) is 0 Å². The third-order valence-electron chi connectivity index (χ3n) is 0.410. The van der Waals surface area contributed by atoms with E-state index in [4.69, 9.17) is 33.9 Å². The van der Waals surface area contributed by atoms with Gasteiger partial charge in [0.2, 0.25) is 9.05 Å². The highest BCUT2D eigenvalue weighted by Gasteiger charge is 2.09. The molecule has 9 heavy (non-hydrogen) atoms. The Hall–Kier alpha value is 1.04. The van der Waals surface area contributed by atoms with Crippen LogP contribution in [-0.4, -0.2) is 27.8 Å². The van der Waals surface area contributed by atoms with Gasteiger partial charge in [-0.05, 0) is 0 Å². The zero-order valence-electron chi connectivity index (χ0n) is 4.14. The lowest BCUT2D eigenvalue weighted by molar-refractivity contribution is 0.613. The number of hydrogen-bond acceptors (Lipinski definition) is 2. The molecule has 0 aromatic heterocycles. The summed E-state index contributed by atoms with van der Waals surface area (Å²) >= 11 is 10.5. The van der Waals surface area contributed by atoms with E-state index in [-0.39, 0.29) is 14.9 Å². The third-order valence-corrected chi connectivity index (χ3v) is 4.67. The van der Waals surface area contributed by atoms with Gasteiger partial charge in [-0.1, -0.05) is 0 Å².